The fourth-order valence-corrected chi connectivity index (χ4v) is 2.22. The van der Waals surface area contributed by atoms with E-state index in [0.717, 1.165) is 22.4 Å². The van der Waals surface area contributed by atoms with Crippen LogP contribution in [0.1, 0.15) is 5.56 Å². The lowest BCUT2D eigenvalue weighted by Crippen LogP contribution is -2.46. The SMILES string of the molecule is COc1cc(C)c2oc(=O)[n+](-c3ccccc3)cc2c1. The molecule has 0 saturated carbocycles. The van der Waals surface area contributed by atoms with Crippen LogP contribution < -0.4 is 15.1 Å². The molecule has 0 fully saturated rings. The number of nitrogens with zero attached hydrogens (tertiary/aromatic N) is 1. The van der Waals surface area contributed by atoms with Gasteiger partial charge < -0.3 is 9.15 Å². The summed E-state index contributed by atoms with van der Waals surface area (Å²) in [6, 6.07) is 13.1. The number of aryl methyl sites for hydroxylation is 1. The molecule has 0 amide bonds. The lowest BCUT2D eigenvalue weighted by molar-refractivity contribution is -0.623. The lowest BCUT2D eigenvalue weighted by Gasteiger charge is -2.03. The number of fused-ring (bicyclic) bond motifs is 1. The van der Waals surface area contributed by atoms with Gasteiger partial charge in [-0.25, -0.2) is 0 Å². The predicted molar refractivity (Wildman–Crippen MR) is 75.3 cm³/mol. The highest BCUT2D eigenvalue weighted by atomic mass is 16.5. The molecule has 1 heterocycles. The third-order valence-electron chi connectivity index (χ3n) is 3.20. The molecule has 0 radical (unpaired) electrons. The van der Waals surface area contributed by atoms with Crippen molar-refractivity contribution in [3.8, 4) is 11.4 Å². The molecule has 0 saturated heterocycles. The summed E-state index contributed by atoms with van der Waals surface area (Å²) in [6.07, 6.45) is 1.77. The van der Waals surface area contributed by atoms with Crippen molar-refractivity contribution in [1.82, 2.24) is 0 Å². The zero-order valence-electron chi connectivity index (χ0n) is 11.3. The van der Waals surface area contributed by atoms with Crippen LogP contribution in [0.4, 0.5) is 0 Å². The fraction of sp³-hybridized carbons (Fsp3) is 0.125. The van der Waals surface area contributed by atoms with Crippen molar-refractivity contribution in [3.05, 3.63) is 64.8 Å². The highest BCUT2D eigenvalue weighted by molar-refractivity contribution is 5.80. The second-order valence-electron chi connectivity index (χ2n) is 4.57. The van der Waals surface area contributed by atoms with E-state index in [9.17, 15) is 4.79 Å². The van der Waals surface area contributed by atoms with Crippen LogP contribution in [0.2, 0.25) is 0 Å². The first-order valence-electron chi connectivity index (χ1n) is 6.28. The van der Waals surface area contributed by atoms with Crippen LogP contribution in [0.25, 0.3) is 16.7 Å². The Kier molecular flexibility index (Phi) is 2.99. The number of para-hydroxylation sites is 1. The van der Waals surface area contributed by atoms with E-state index in [0.29, 0.717) is 5.58 Å². The quantitative estimate of drug-likeness (QED) is 0.670. The van der Waals surface area contributed by atoms with E-state index in [1.165, 1.54) is 4.57 Å². The first-order valence-corrected chi connectivity index (χ1v) is 6.28. The van der Waals surface area contributed by atoms with Crippen molar-refractivity contribution < 1.29 is 13.7 Å². The summed E-state index contributed by atoms with van der Waals surface area (Å²) < 4.78 is 12.2. The number of methoxy groups -OCH3 is 1. The molecule has 0 spiro atoms. The van der Waals surface area contributed by atoms with Crippen molar-refractivity contribution in [2.45, 2.75) is 6.92 Å². The van der Waals surface area contributed by atoms with Crippen molar-refractivity contribution in [2.24, 2.45) is 0 Å². The molecule has 0 aliphatic rings. The summed E-state index contributed by atoms with van der Waals surface area (Å²) in [5, 5.41) is 0.824. The number of rotatable bonds is 2. The molecule has 3 aromatic rings. The molecule has 2 aromatic carbocycles. The Morgan fingerprint density at radius 2 is 1.90 bits per heavy atom. The van der Waals surface area contributed by atoms with Crippen molar-refractivity contribution in [2.75, 3.05) is 7.11 Å². The van der Waals surface area contributed by atoms with E-state index < -0.39 is 5.76 Å². The van der Waals surface area contributed by atoms with Crippen LogP contribution in [0.5, 0.6) is 5.75 Å². The van der Waals surface area contributed by atoms with Crippen LogP contribution >= 0.6 is 0 Å². The van der Waals surface area contributed by atoms with Gasteiger partial charge in [0.25, 0.3) is 0 Å². The van der Waals surface area contributed by atoms with Gasteiger partial charge in [0.2, 0.25) is 5.69 Å². The Morgan fingerprint density at radius 1 is 1.15 bits per heavy atom. The van der Waals surface area contributed by atoms with Crippen LogP contribution in [0.3, 0.4) is 0 Å². The average molecular weight is 268 g/mol. The molecule has 4 nitrogen and oxygen atoms in total. The average Bonchev–Trinajstić information content (AvgIpc) is 2.48. The normalized spacial score (nSPS) is 10.7. The lowest BCUT2D eigenvalue weighted by atomic mass is 10.1. The molecule has 0 aliphatic heterocycles. The van der Waals surface area contributed by atoms with E-state index in [1.54, 1.807) is 13.3 Å². The van der Waals surface area contributed by atoms with Crippen LogP contribution in [0.15, 0.2) is 57.9 Å². The standard InChI is InChI=1S/C16H14NO3/c1-11-8-14(19-2)9-12-10-17(16(18)20-15(11)12)13-6-4-3-5-7-13/h3-10H,1-2H3/q+1. The minimum absolute atomic E-state index is 0.406. The zero-order chi connectivity index (χ0) is 14.1. The Hall–Kier alpha value is -2.62. The third kappa shape index (κ3) is 2.05. The molecular weight excluding hydrogens is 254 g/mol. The van der Waals surface area contributed by atoms with Gasteiger partial charge in [-0.3, -0.25) is 0 Å². The molecule has 100 valence electrons. The molecule has 0 bridgehead atoms. The highest BCUT2D eigenvalue weighted by Crippen LogP contribution is 2.22. The minimum Gasteiger partial charge on any atom is -0.497 e. The summed E-state index contributed by atoms with van der Waals surface area (Å²) in [6.45, 7) is 1.89. The maximum atomic E-state index is 12.1. The number of benzene rings is 2. The van der Waals surface area contributed by atoms with Gasteiger partial charge in [0, 0.05) is 12.1 Å². The fourth-order valence-electron chi connectivity index (χ4n) is 2.22. The number of ether oxygens (including phenoxy) is 1. The Bertz CT molecular complexity index is 822. The van der Waals surface area contributed by atoms with Gasteiger partial charge in [-0.1, -0.05) is 22.8 Å². The van der Waals surface area contributed by atoms with Gasteiger partial charge in [-0.2, -0.15) is 4.79 Å². The summed E-state index contributed by atoms with van der Waals surface area (Å²) in [5.41, 5.74) is 2.23. The van der Waals surface area contributed by atoms with Crippen LogP contribution in [-0.2, 0) is 0 Å². The van der Waals surface area contributed by atoms with E-state index in [-0.39, 0.29) is 0 Å². The Balaban J connectivity index is 2.31. The summed E-state index contributed by atoms with van der Waals surface area (Å²) in [5.74, 6) is 0.334. The van der Waals surface area contributed by atoms with E-state index in [4.69, 9.17) is 9.15 Å². The maximum absolute atomic E-state index is 12.1. The number of hydrogen-bond donors (Lipinski definition) is 0. The second kappa shape index (κ2) is 4.81. The summed E-state index contributed by atoms with van der Waals surface area (Å²) >= 11 is 0. The Labute approximate surface area is 115 Å². The molecule has 0 atom stereocenters. The predicted octanol–water partition coefficient (Wildman–Crippen LogP) is 2.39. The molecule has 0 N–H and O–H groups in total. The Morgan fingerprint density at radius 3 is 2.60 bits per heavy atom. The molecule has 0 aliphatic carbocycles. The van der Waals surface area contributed by atoms with E-state index >= 15 is 0 Å². The summed E-state index contributed by atoms with van der Waals surface area (Å²) in [7, 11) is 1.62. The van der Waals surface area contributed by atoms with Gasteiger partial charge in [0.15, 0.2) is 11.8 Å². The van der Waals surface area contributed by atoms with Crippen molar-refractivity contribution in [1.29, 1.82) is 0 Å². The first-order chi connectivity index (χ1) is 9.69. The van der Waals surface area contributed by atoms with E-state index in [2.05, 4.69) is 0 Å². The van der Waals surface area contributed by atoms with E-state index in [1.807, 2.05) is 49.4 Å². The molecule has 0 unspecified atom stereocenters. The highest BCUT2D eigenvalue weighted by Gasteiger charge is 2.16. The smallest absolute Gasteiger partial charge is 0.497 e. The molecule has 4 heteroatoms. The van der Waals surface area contributed by atoms with Crippen LogP contribution in [-0.4, -0.2) is 7.11 Å². The monoisotopic (exact) mass is 268 g/mol. The molecule has 1 aromatic heterocycles. The van der Waals surface area contributed by atoms with Crippen molar-refractivity contribution in [3.63, 3.8) is 0 Å². The zero-order valence-corrected chi connectivity index (χ0v) is 11.3. The topological polar surface area (TPSA) is 43.3 Å². The molecule has 20 heavy (non-hydrogen) atoms. The van der Waals surface area contributed by atoms with Crippen LogP contribution in [0, 0.1) is 6.92 Å². The molecular formula is C16H14NO3+. The second-order valence-corrected chi connectivity index (χ2v) is 4.57. The number of aromatic nitrogens is 1. The van der Waals surface area contributed by atoms with Gasteiger partial charge in [-0.05, 0) is 24.6 Å². The maximum Gasteiger partial charge on any atom is 0.608 e. The number of hydrogen-bond acceptors (Lipinski definition) is 3. The first kappa shape index (κ1) is 12.4. The third-order valence-corrected chi connectivity index (χ3v) is 3.20. The van der Waals surface area contributed by atoms with Gasteiger partial charge in [0.1, 0.15) is 5.75 Å². The van der Waals surface area contributed by atoms with Gasteiger partial charge in [-0.15, -0.1) is 0 Å². The largest absolute Gasteiger partial charge is 0.608 e. The minimum atomic E-state index is -0.406. The molecule has 3 rings (SSSR count). The van der Waals surface area contributed by atoms with Gasteiger partial charge in [0.05, 0.1) is 12.5 Å². The summed E-state index contributed by atoms with van der Waals surface area (Å²) in [4.78, 5) is 12.1. The van der Waals surface area contributed by atoms with Gasteiger partial charge >= 0.3 is 5.76 Å². The van der Waals surface area contributed by atoms with Crippen molar-refractivity contribution >= 4 is 11.0 Å².